The van der Waals surface area contributed by atoms with Gasteiger partial charge in [-0.05, 0) is 98.2 Å². The van der Waals surface area contributed by atoms with Gasteiger partial charge in [0.2, 0.25) is 12.6 Å². The number of hydrogen-bond donors (Lipinski definition) is 8. The molecule has 18 heteroatoms. The molecule has 4 heterocycles. The van der Waals surface area contributed by atoms with E-state index in [0.717, 1.165) is 19.6 Å². The Morgan fingerprint density at radius 2 is 1.19 bits per heavy atom. The third-order valence-corrected chi connectivity index (χ3v) is 11.6. The van der Waals surface area contributed by atoms with Gasteiger partial charge in [-0.3, -0.25) is 9.69 Å². The van der Waals surface area contributed by atoms with Crippen molar-refractivity contribution in [2.45, 2.75) is 80.7 Å². The minimum absolute atomic E-state index is 0.101. The molecule has 0 spiro atoms. The largest absolute Gasteiger partial charge is 0.492 e. The van der Waals surface area contributed by atoms with Gasteiger partial charge in [-0.25, -0.2) is 9.59 Å². The minimum Gasteiger partial charge on any atom is -0.492 e. The van der Waals surface area contributed by atoms with E-state index in [-0.39, 0.29) is 17.3 Å². The van der Waals surface area contributed by atoms with Crippen LogP contribution in [-0.2, 0) is 19.1 Å². The smallest absolute Gasteiger partial charge is 0.335 e. The average molecular weight is 826 g/mol. The predicted molar refractivity (Wildman–Crippen MR) is 203 cm³/mol. The van der Waals surface area contributed by atoms with Gasteiger partial charge in [-0.2, -0.15) is 0 Å². The van der Waals surface area contributed by atoms with Crippen molar-refractivity contribution in [1.29, 1.82) is 0 Å². The normalized spacial score (nSPS) is 29.1. The first-order valence-corrected chi connectivity index (χ1v) is 19.5. The van der Waals surface area contributed by atoms with Crippen molar-refractivity contribution in [3.8, 4) is 27.7 Å². The van der Waals surface area contributed by atoms with Gasteiger partial charge in [0.25, 0.3) is 0 Å². The number of aliphatic hydroxyl groups excluding tert-OH is 6. The van der Waals surface area contributed by atoms with E-state index >= 15 is 0 Å². The molecule has 3 aliphatic rings. The van der Waals surface area contributed by atoms with E-state index in [1.807, 2.05) is 0 Å². The Kier molecular flexibility index (Phi) is 12.6. The highest BCUT2D eigenvalue weighted by Crippen LogP contribution is 2.42. The zero-order valence-electron chi connectivity index (χ0n) is 30.8. The molecule has 17 nitrogen and oxygen atoms in total. The minimum atomic E-state index is -1.90. The maximum Gasteiger partial charge on any atom is 0.335 e. The van der Waals surface area contributed by atoms with Crippen LogP contribution in [0.2, 0.25) is 0 Å². The highest BCUT2D eigenvalue weighted by Gasteiger charge is 2.49. The van der Waals surface area contributed by atoms with E-state index in [2.05, 4.69) is 4.90 Å². The lowest BCUT2D eigenvalue weighted by Crippen LogP contribution is -2.61. The van der Waals surface area contributed by atoms with Crippen LogP contribution in [0.5, 0.6) is 17.2 Å². The summed E-state index contributed by atoms with van der Waals surface area (Å²) in [5.74, 6) is -2.63. The van der Waals surface area contributed by atoms with Crippen LogP contribution in [0.25, 0.3) is 20.5 Å². The van der Waals surface area contributed by atoms with Gasteiger partial charge in [-0.15, -0.1) is 11.3 Å². The number of carbonyl (C=O) groups excluding carboxylic acids is 1. The highest BCUT2D eigenvalue weighted by atomic mass is 32.1. The van der Waals surface area contributed by atoms with E-state index in [4.69, 9.17) is 23.7 Å². The fourth-order valence-corrected chi connectivity index (χ4v) is 8.39. The van der Waals surface area contributed by atoms with E-state index in [1.54, 1.807) is 48.5 Å². The predicted octanol–water partition coefficient (Wildman–Crippen LogP) is 1.21. The molecule has 0 bridgehead atoms. The Morgan fingerprint density at radius 3 is 1.76 bits per heavy atom. The van der Waals surface area contributed by atoms with Crippen LogP contribution in [0.4, 0.5) is 0 Å². The molecule has 4 aromatic rings. The van der Waals surface area contributed by atoms with Crippen molar-refractivity contribution in [3.63, 3.8) is 0 Å². The van der Waals surface area contributed by atoms with Gasteiger partial charge in [-0.1, -0.05) is 6.42 Å². The third kappa shape index (κ3) is 8.67. The number of benzene rings is 3. The van der Waals surface area contributed by atoms with Crippen LogP contribution in [0.1, 0.15) is 35.2 Å². The van der Waals surface area contributed by atoms with Crippen molar-refractivity contribution in [3.05, 3.63) is 77.9 Å². The molecule has 0 aliphatic carbocycles. The van der Waals surface area contributed by atoms with E-state index in [9.17, 15) is 55.2 Å². The number of aliphatic hydroxyl groups is 6. The Labute approximate surface area is 334 Å². The second kappa shape index (κ2) is 17.6. The van der Waals surface area contributed by atoms with Crippen LogP contribution in [0.15, 0.2) is 66.7 Å². The maximum atomic E-state index is 14.4. The number of likely N-dealkylation sites (tertiary alicyclic amines) is 1. The number of aliphatic carboxylic acids is 2. The van der Waals surface area contributed by atoms with Crippen LogP contribution in [0.3, 0.4) is 0 Å². The molecule has 3 aromatic carbocycles. The molecule has 1 aromatic heterocycles. The number of nitrogens with zero attached hydrogens (tertiary/aromatic N) is 1. The molecule has 10 atom stereocenters. The number of carbonyl (C=O) groups is 3. The zero-order chi connectivity index (χ0) is 41.2. The summed E-state index contributed by atoms with van der Waals surface area (Å²) in [4.78, 5) is 40.4. The number of piperidine rings is 1. The SMILES string of the molecule is O=C(c1ccc(OCCN2CCCCC2)cc1)c1c(-c2ccc(OC3O[C@H](C(=O)O)[C@@H](O)[C@H](O)[C@H]3O)cc2)sc2cc(OC3O[C@H](C(=O)O)[C@@H](O)[C@H](O)[C@H]3O)ccc12. The van der Waals surface area contributed by atoms with Crippen LogP contribution in [-0.4, -0.2) is 151 Å². The molecule has 8 N–H and O–H groups in total. The number of rotatable bonds is 13. The summed E-state index contributed by atoms with van der Waals surface area (Å²) < 4.78 is 28.5. The van der Waals surface area contributed by atoms with Crippen molar-refractivity contribution >= 4 is 39.1 Å². The first kappa shape index (κ1) is 41.4. The molecule has 3 fully saturated rings. The van der Waals surface area contributed by atoms with E-state index < -0.39 is 73.4 Å². The first-order valence-electron chi connectivity index (χ1n) is 18.7. The van der Waals surface area contributed by atoms with Crippen molar-refractivity contribution < 1.29 is 78.9 Å². The van der Waals surface area contributed by atoms with E-state index in [0.29, 0.717) is 44.0 Å². The van der Waals surface area contributed by atoms with Gasteiger partial charge < -0.3 is 64.5 Å². The van der Waals surface area contributed by atoms with Crippen molar-refractivity contribution in [2.24, 2.45) is 0 Å². The zero-order valence-corrected chi connectivity index (χ0v) is 31.6. The van der Waals surface area contributed by atoms with Crippen molar-refractivity contribution in [1.82, 2.24) is 4.90 Å². The highest BCUT2D eigenvalue weighted by molar-refractivity contribution is 7.22. The van der Waals surface area contributed by atoms with Crippen molar-refractivity contribution in [2.75, 3.05) is 26.2 Å². The molecule has 0 saturated carbocycles. The molecule has 0 radical (unpaired) electrons. The molecule has 0 amide bonds. The molecule has 7 rings (SSSR count). The number of thiophene rings is 1. The first-order chi connectivity index (χ1) is 27.8. The van der Waals surface area contributed by atoms with Crippen LogP contribution >= 0.6 is 11.3 Å². The molecule has 310 valence electrons. The monoisotopic (exact) mass is 825 g/mol. The fourth-order valence-electron chi connectivity index (χ4n) is 7.15. The summed E-state index contributed by atoms with van der Waals surface area (Å²) in [5, 5.41) is 80.9. The molecular formula is C40H43NO16S. The molecule has 2 unspecified atom stereocenters. The Hall–Kier alpha value is -4.73. The number of fused-ring (bicyclic) bond motifs is 1. The topological polar surface area (TPSA) is 262 Å². The van der Waals surface area contributed by atoms with Gasteiger partial charge in [0.15, 0.2) is 18.0 Å². The maximum absolute atomic E-state index is 14.4. The lowest BCUT2D eigenvalue weighted by molar-refractivity contribution is -0.271. The summed E-state index contributed by atoms with van der Waals surface area (Å²) in [6.07, 6.45) is -14.5. The number of hydrogen-bond acceptors (Lipinski definition) is 16. The second-order valence-corrected chi connectivity index (χ2v) is 15.4. The Balaban J connectivity index is 1.16. The fraction of sp³-hybridized carbons (Fsp3) is 0.425. The van der Waals surface area contributed by atoms with Crippen LogP contribution in [0, 0.1) is 0 Å². The Bertz CT molecular complexity index is 2090. The third-order valence-electron chi connectivity index (χ3n) is 10.4. The summed E-state index contributed by atoms with van der Waals surface area (Å²) in [7, 11) is 0. The lowest BCUT2D eigenvalue weighted by Gasteiger charge is -2.38. The molecule has 3 aliphatic heterocycles. The standard InChI is InChI=1S/C40H43NO16S/c42-27(19-4-8-21(9-5-19)53-17-16-41-14-2-1-3-15-41)26-24-13-12-23(55-40-33(48)29(44)31(46)35(57-40)38(51)52)18-25(24)58-36(26)20-6-10-22(11-7-20)54-39-32(47)28(43)30(45)34(56-39)37(49)50/h4-13,18,28-35,39-40,43-48H,1-3,14-17H2,(H,49,50)(H,51,52)/t28-,29-,30-,31-,32+,33+,34-,35-,39?,40?/m0/s1. The molecule has 3 saturated heterocycles. The average Bonchev–Trinajstić information content (AvgIpc) is 3.60. The Morgan fingerprint density at radius 1 is 0.655 bits per heavy atom. The van der Waals surface area contributed by atoms with Gasteiger partial charge in [0.05, 0.1) is 0 Å². The summed E-state index contributed by atoms with van der Waals surface area (Å²) in [6, 6.07) is 17.7. The van der Waals surface area contributed by atoms with Gasteiger partial charge in [0, 0.05) is 32.6 Å². The number of ketones is 1. The number of carboxylic acid groups (broad SMARTS) is 2. The quantitative estimate of drug-likeness (QED) is 0.0881. The summed E-state index contributed by atoms with van der Waals surface area (Å²) in [6.45, 7) is 3.40. The number of ether oxygens (including phenoxy) is 5. The second-order valence-electron chi connectivity index (χ2n) is 14.3. The summed E-state index contributed by atoms with van der Waals surface area (Å²) >= 11 is 1.21. The summed E-state index contributed by atoms with van der Waals surface area (Å²) in [5.41, 5.74) is 1.24. The molecule has 58 heavy (non-hydrogen) atoms. The van der Waals surface area contributed by atoms with Gasteiger partial charge >= 0.3 is 11.9 Å². The lowest BCUT2D eigenvalue weighted by atomic mass is 9.97. The van der Waals surface area contributed by atoms with E-state index in [1.165, 1.54) is 48.8 Å². The number of carboxylic acids is 2. The van der Waals surface area contributed by atoms with Crippen LogP contribution < -0.4 is 14.2 Å². The molecular weight excluding hydrogens is 782 g/mol. The van der Waals surface area contributed by atoms with Gasteiger partial charge in [0.1, 0.15) is 60.5 Å².